The predicted molar refractivity (Wildman–Crippen MR) is 131 cm³/mol. The van der Waals surface area contributed by atoms with Crippen LogP contribution in [0.1, 0.15) is 36.0 Å². The second-order valence-corrected chi connectivity index (χ2v) is 8.59. The lowest BCUT2D eigenvalue weighted by Gasteiger charge is -2.32. The van der Waals surface area contributed by atoms with E-state index in [1.54, 1.807) is 11.1 Å². The topological polar surface area (TPSA) is 113 Å². The fraction of sp³-hybridized carbons (Fsp3) is 0.385. The fourth-order valence-electron chi connectivity index (χ4n) is 4.11. The van der Waals surface area contributed by atoms with Gasteiger partial charge in [-0.2, -0.15) is 5.10 Å². The van der Waals surface area contributed by atoms with Gasteiger partial charge in [0.1, 0.15) is 6.61 Å². The molecule has 1 amide bonds. The van der Waals surface area contributed by atoms with Crippen molar-refractivity contribution in [2.75, 3.05) is 26.2 Å². The average molecular weight is 479 g/mol. The molecular weight excluding hydrogens is 448 g/mol. The molecule has 2 N–H and O–H groups in total. The Balaban J connectivity index is 1.19. The molecule has 0 radical (unpaired) electrons. The molecule has 2 heterocycles. The van der Waals surface area contributed by atoms with E-state index in [9.17, 15) is 9.59 Å². The number of carbonyl (C=O) groups is 2. The van der Waals surface area contributed by atoms with Crippen LogP contribution >= 0.6 is 0 Å². The minimum absolute atomic E-state index is 0.0919. The lowest BCUT2D eigenvalue weighted by Crippen LogP contribution is -2.45. The molecule has 9 nitrogen and oxygen atoms in total. The number of nitrogens with zero attached hydrogens (tertiary/aromatic N) is 3. The summed E-state index contributed by atoms with van der Waals surface area (Å²) in [5, 5.41) is 17.2. The number of nitrogens with one attached hydrogen (secondary N) is 1. The van der Waals surface area contributed by atoms with Crippen LogP contribution in [0.2, 0.25) is 0 Å². The SMILES string of the molecule is O=C(O)COC1CCN(C(=O)C2CC(c3ccc(C=NNCCc4ccccc4)cc3)=NO2)CC1. The minimum atomic E-state index is -0.983. The highest BCUT2D eigenvalue weighted by atomic mass is 16.6. The van der Waals surface area contributed by atoms with Crippen molar-refractivity contribution in [1.29, 1.82) is 0 Å². The maximum atomic E-state index is 12.8. The zero-order chi connectivity index (χ0) is 24.5. The fourth-order valence-corrected chi connectivity index (χ4v) is 4.11. The Hall–Kier alpha value is -3.72. The summed E-state index contributed by atoms with van der Waals surface area (Å²) in [6.07, 6.45) is 3.57. The number of hydrogen-bond acceptors (Lipinski definition) is 7. The highest BCUT2D eigenvalue weighted by Gasteiger charge is 2.34. The van der Waals surface area contributed by atoms with Crippen molar-refractivity contribution in [3.63, 3.8) is 0 Å². The van der Waals surface area contributed by atoms with Crippen LogP contribution in [0.25, 0.3) is 0 Å². The van der Waals surface area contributed by atoms with Gasteiger partial charge in [0.05, 0.1) is 18.0 Å². The van der Waals surface area contributed by atoms with Crippen molar-refractivity contribution in [2.45, 2.75) is 37.9 Å². The average Bonchev–Trinajstić information content (AvgIpc) is 3.38. The molecule has 35 heavy (non-hydrogen) atoms. The Labute approximate surface area is 204 Å². The quantitative estimate of drug-likeness (QED) is 0.308. The number of piperidine rings is 1. The molecule has 2 aromatic carbocycles. The minimum Gasteiger partial charge on any atom is -0.480 e. The van der Waals surface area contributed by atoms with Gasteiger partial charge in [-0.15, -0.1) is 0 Å². The van der Waals surface area contributed by atoms with E-state index in [1.165, 1.54) is 5.56 Å². The lowest BCUT2D eigenvalue weighted by atomic mass is 10.0. The molecule has 1 atom stereocenters. The van der Waals surface area contributed by atoms with E-state index in [0.29, 0.717) is 32.4 Å². The number of amides is 1. The first-order valence-electron chi connectivity index (χ1n) is 11.8. The van der Waals surface area contributed by atoms with Gasteiger partial charge in [-0.05, 0) is 36.0 Å². The highest BCUT2D eigenvalue weighted by Crippen LogP contribution is 2.21. The first kappa shape index (κ1) is 24.4. The Bertz CT molecular complexity index is 1050. The number of ether oxygens (including phenoxy) is 1. The predicted octanol–water partition coefficient (Wildman–Crippen LogP) is 2.44. The van der Waals surface area contributed by atoms with E-state index >= 15 is 0 Å². The summed E-state index contributed by atoms with van der Waals surface area (Å²) < 4.78 is 5.33. The number of benzene rings is 2. The number of carbonyl (C=O) groups excluding carboxylic acids is 1. The molecule has 0 spiro atoms. The van der Waals surface area contributed by atoms with Gasteiger partial charge < -0.3 is 25.0 Å². The van der Waals surface area contributed by atoms with Gasteiger partial charge in [0.2, 0.25) is 6.10 Å². The summed E-state index contributed by atoms with van der Waals surface area (Å²) in [7, 11) is 0. The van der Waals surface area contributed by atoms with Crippen LogP contribution in [0, 0.1) is 0 Å². The van der Waals surface area contributed by atoms with Crippen LogP contribution in [-0.4, -0.2) is 72.3 Å². The van der Waals surface area contributed by atoms with Crippen LogP contribution in [0.4, 0.5) is 0 Å². The number of oxime groups is 1. The Morgan fingerprint density at radius 2 is 1.89 bits per heavy atom. The summed E-state index contributed by atoms with van der Waals surface area (Å²) in [5.74, 6) is -1.07. The number of likely N-dealkylation sites (tertiary alicyclic amines) is 1. The van der Waals surface area contributed by atoms with E-state index in [-0.39, 0.29) is 18.6 Å². The Kier molecular flexibility index (Phi) is 8.45. The largest absolute Gasteiger partial charge is 0.480 e. The van der Waals surface area contributed by atoms with Gasteiger partial charge in [-0.25, -0.2) is 4.79 Å². The van der Waals surface area contributed by atoms with Gasteiger partial charge in [-0.3, -0.25) is 4.79 Å². The zero-order valence-electron chi connectivity index (χ0n) is 19.5. The molecule has 1 saturated heterocycles. The summed E-state index contributed by atoms with van der Waals surface area (Å²) >= 11 is 0. The molecule has 9 heteroatoms. The van der Waals surface area contributed by atoms with Crippen LogP contribution in [0.15, 0.2) is 64.9 Å². The molecule has 2 aliphatic rings. The summed E-state index contributed by atoms with van der Waals surface area (Å²) in [5.41, 5.74) is 6.95. The number of hydrogen-bond donors (Lipinski definition) is 2. The molecule has 2 aromatic rings. The molecule has 0 bridgehead atoms. The van der Waals surface area contributed by atoms with Crippen LogP contribution < -0.4 is 5.43 Å². The van der Waals surface area contributed by atoms with E-state index in [0.717, 1.165) is 29.8 Å². The first-order valence-corrected chi connectivity index (χ1v) is 11.8. The normalized spacial score (nSPS) is 18.3. The monoisotopic (exact) mass is 478 g/mol. The number of carboxylic acid groups (broad SMARTS) is 1. The zero-order valence-corrected chi connectivity index (χ0v) is 19.5. The molecule has 1 fully saturated rings. The van der Waals surface area contributed by atoms with Gasteiger partial charge in [0.25, 0.3) is 5.91 Å². The van der Waals surface area contributed by atoms with Gasteiger partial charge in [-0.1, -0.05) is 59.8 Å². The maximum Gasteiger partial charge on any atom is 0.329 e. The molecule has 1 unspecified atom stereocenters. The van der Waals surface area contributed by atoms with Crippen LogP contribution in [0.5, 0.6) is 0 Å². The second kappa shape index (κ2) is 12.1. The van der Waals surface area contributed by atoms with E-state index in [1.807, 2.05) is 42.5 Å². The van der Waals surface area contributed by atoms with E-state index < -0.39 is 12.1 Å². The van der Waals surface area contributed by atoms with Crippen molar-refractivity contribution < 1.29 is 24.3 Å². The second-order valence-electron chi connectivity index (χ2n) is 8.59. The third kappa shape index (κ3) is 7.13. The molecule has 2 aliphatic heterocycles. The van der Waals surface area contributed by atoms with Crippen molar-refractivity contribution in [3.05, 3.63) is 71.3 Å². The highest BCUT2D eigenvalue weighted by molar-refractivity contribution is 6.04. The summed E-state index contributed by atoms with van der Waals surface area (Å²) in [6, 6.07) is 18.1. The summed E-state index contributed by atoms with van der Waals surface area (Å²) in [6.45, 7) is 1.49. The molecule has 0 aromatic heterocycles. The van der Waals surface area contributed by atoms with E-state index in [4.69, 9.17) is 14.7 Å². The third-order valence-electron chi connectivity index (χ3n) is 6.06. The molecule has 0 aliphatic carbocycles. The van der Waals surface area contributed by atoms with Crippen molar-refractivity contribution >= 4 is 23.8 Å². The van der Waals surface area contributed by atoms with Gasteiger partial charge >= 0.3 is 5.97 Å². The van der Waals surface area contributed by atoms with Crippen molar-refractivity contribution in [3.8, 4) is 0 Å². The summed E-state index contributed by atoms with van der Waals surface area (Å²) in [4.78, 5) is 30.7. The van der Waals surface area contributed by atoms with Crippen molar-refractivity contribution in [1.82, 2.24) is 10.3 Å². The molecule has 184 valence electrons. The number of aliphatic carboxylic acids is 1. The number of hydrazone groups is 1. The Morgan fingerprint density at radius 1 is 1.14 bits per heavy atom. The lowest BCUT2D eigenvalue weighted by molar-refractivity contribution is -0.149. The first-order chi connectivity index (χ1) is 17.1. The molecule has 4 rings (SSSR count). The smallest absolute Gasteiger partial charge is 0.329 e. The maximum absolute atomic E-state index is 12.8. The van der Waals surface area contributed by atoms with Gasteiger partial charge in [0, 0.05) is 26.1 Å². The number of rotatable bonds is 10. The molecule has 0 saturated carbocycles. The van der Waals surface area contributed by atoms with Crippen molar-refractivity contribution in [2.24, 2.45) is 10.3 Å². The van der Waals surface area contributed by atoms with Crippen LogP contribution in [-0.2, 0) is 25.6 Å². The van der Waals surface area contributed by atoms with Crippen LogP contribution in [0.3, 0.4) is 0 Å². The standard InChI is InChI=1S/C26H30N4O5/c31-25(32)18-34-22-11-14-30(15-12-22)26(33)24-16-23(29-35-24)21-8-6-20(7-9-21)17-28-27-13-10-19-4-2-1-3-5-19/h1-9,17,22,24,27H,10-16,18H2,(H,31,32). The van der Waals surface area contributed by atoms with E-state index in [2.05, 4.69) is 27.8 Å². The number of carboxylic acids is 1. The third-order valence-corrected chi connectivity index (χ3v) is 6.06. The Morgan fingerprint density at radius 3 is 2.60 bits per heavy atom. The molecular formula is C26H30N4O5. The van der Waals surface area contributed by atoms with Gasteiger partial charge in [0.15, 0.2) is 0 Å².